The van der Waals surface area contributed by atoms with Gasteiger partial charge in [-0.05, 0) is 50.5 Å². The van der Waals surface area contributed by atoms with E-state index in [-0.39, 0.29) is 18.1 Å². The Hall–Kier alpha value is -2.65. The number of fused-ring (bicyclic) bond motifs is 2. The van der Waals surface area contributed by atoms with Gasteiger partial charge in [-0.1, -0.05) is 6.07 Å². The zero-order valence-electron chi connectivity index (χ0n) is 16.0. The van der Waals surface area contributed by atoms with Crippen LogP contribution in [0.25, 0.3) is 0 Å². The molecule has 0 saturated carbocycles. The van der Waals surface area contributed by atoms with Crippen molar-refractivity contribution in [2.75, 3.05) is 6.54 Å². The van der Waals surface area contributed by atoms with Crippen molar-refractivity contribution < 1.29 is 9.53 Å². The van der Waals surface area contributed by atoms with E-state index >= 15 is 0 Å². The Morgan fingerprint density at radius 1 is 1.37 bits per heavy atom. The largest absolute Gasteiger partial charge is 0.369 e. The SMILES string of the molecule is CCn1nc2c(c1C(=O)N1CCc3cc(C#N)ccc3C1)C[C@H](C)O[C@@H]2C. The van der Waals surface area contributed by atoms with Gasteiger partial charge in [0.2, 0.25) is 0 Å². The maximum atomic E-state index is 13.4. The van der Waals surface area contributed by atoms with E-state index in [1.165, 1.54) is 5.56 Å². The lowest BCUT2D eigenvalue weighted by atomic mass is 9.96. The number of aryl methyl sites for hydroxylation is 1. The third kappa shape index (κ3) is 3.02. The quantitative estimate of drug-likeness (QED) is 0.821. The predicted octanol–water partition coefficient (Wildman–Crippen LogP) is 3.00. The molecule has 0 N–H and O–H groups in total. The third-order valence-electron chi connectivity index (χ3n) is 5.53. The number of hydrogen-bond acceptors (Lipinski definition) is 4. The van der Waals surface area contributed by atoms with E-state index in [1.807, 2.05) is 48.6 Å². The molecule has 0 saturated heterocycles. The summed E-state index contributed by atoms with van der Waals surface area (Å²) in [6.07, 6.45) is 1.49. The van der Waals surface area contributed by atoms with Gasteiger partial charge in [0.25, 0.3) is 5.91 Å². The van der Waals surface area contributed by atoms with E-state index in [1.54, 1.807) is 0 Å². The van der Waals surface area contributed by atoms with Crippen molar-refractivity contribution in [3.8, 4) is 6.07 Å². The molecule has 1 aromatic heterocycles. The van der Waals surface area contributed by atoms with Crippen molar-refractivity contribution in [1.29, 1.82) is 5.26 Å². The van der Waals surface area contributed by atoms with Gasteiger partial charge >= 0.3 is 0 Å². The van der Waals surface area contributed by atoms with Crippen LogP contribution in [0.3, 0.4) is 0 Å². The highest BCUT2D eigenvalue weighted by Gasteiger charge is 2.34. The van der Waals surface area contributed by atoms with Crippen molar-refractivity contribution in [2.45, 2.75) is 58.9 Å². The van der Waals surface area contributed by atoms with E-state index in [9.17, 15) is 4.79 Å². The van der Waals surface area contributed by atoms with E-state index in [0.717, 1.165) is 29.7 Å². The molecule has 6 heteroatoms. The van der Waals surface area contributed by atoms with Crippen molar-refractivity contribution in [2.24, 2.45) is 0 Å². The molecule has 140 valence electrons. The molecular weight excluding hydrogens is 340 g/mol. The van der Waals surface area contributed by atoms with E-state index in [0.29, 0.717) is 30.9 Å². The maximum absolute atomic E-state index is 13.4. The Labute approximate surface area is 159 Å². The molecular formula is C21H24N4O2. The summed E-state index contributed by atoms with van der Waals surface area (Å²) < 4.78 is 7.72. The van der Waals surface area contributed by atoms with E-state index in [4.69, 9.17) is 10.00 Å². The Balaban J connectivity index is 1.67. The molecule has 0 fully saturated rings. The number of carbonyl (C=O) groups is 1. The Morgan fingerprint density at radius 2 is 2.19 bits per heavy atom. The fraction of sp³-hybridized carbons (Fsp3) is 0.476. The van der Waals surface area contributed by atoms with E-state index in [2.05, 4.69) is 11.2 Å². The Kier molecular flexibility index (Phi) is 4.48. The zero-order chi connectivity index (χ0) is 19.1. The summed E-state index contributed by atoms with van der Waals surface area (Å²) in [5.41, 5.74) is 5.61. The molecule has 2 aliphatic rings. The first-order valence-corrected chi connectivity index (χ1v) is 9.58. The molecule has 2 aromatic rings. The van der Waals surface area contributed by atoms with Crippen LogP contribution in [-0.4, -0.2) is 33.2 Å². The van der Waals surface area contributed by atoms with Crippen LogP contribution in [0.1, 0.15) is 65.3 Å². The molecule has 2 aliphatic heterocycles. The molecule has 4 rings (SSSR count). The van der Waals surface area contributed by atoms with Crippen LogP contribution in [0, 0.1) is 11.3 Å². The summed E-state index contributed by atoms with van der Waals surface area (Å²) in [5, 5.41) is 13.8. The lowest BCUT2D eigenvalue weighted by molar-refractivity contribution is -0.00716. The molecule has 27 heavy (non-hydrogen) atoms. The number of aromatic nitrogens is 2. The summed E-state index contributed by atoms with van der Waals surface area (Å²) in [7, 11) is 0. The van der Waals surface area contributed by atoms with Crippen LogP contribution < -0.4 is 0 Å². The van der Waals surface area contributed by atoms with Crippen LogP contribution in [0.5, 0.6) is 0 Å². The van der Waals surface area contributed by atoms with Crippen molar-refractivity contribution >= 4 is 5.91 Å². The number of carbonyl (C=O) groups excluding carboxylic acids is 1. The topological polar surface area (TPSA) is 71.2 Å². The highest BCUT2D eigenvalue weighted by Crippen LogP contribution is 2.33. The third-order valence-corrected chi connectivity index (χ3v) is 5.53. The molecule has 0 spiro atoms. The average molecular weight is 364 g/mol. The normalized spacial score (nSPS) is 21.3. The summed E-state index contributed by atoms with van der Waals surface area (Å²) in [5.74, 6) is 0.0434. The molecule has 0 bridgehead atoms. The predicted molar refractivity (Wildman–Crippen MR) is 100 cm³/mol. The minimum absolute atomic E-state index is 0.0434. The van der Waals surface area contributed by atoms with Gasteiger partial charge in [-0.3, -0.25) is 9.48 Å². The van der Waals surface area contributed by atoms with Crippen LogP contribution in [0.4, 0.5) is 0 Å². The van der Waals surface area contributed by atoms with Crippen LogP contribution in [-0.2, 0) is 30.7 Å². The van der Waals surface area contributed by atoms with Crippen molar-refractivity contribution in [3.63, 3.8) is 0 Å². The molecule has 1 amide bonds. The lowest BCUT2D eigenvalue weighted by Crippen LogP contribution is -2.38. The summed E-state index contributed by atoms with van der Waals surface area (Å²) in [6.45, 7) is 7.95. The smallest absolute Gasteiger partial charge is 0.272 e. The number of nitriles is 1. The number of amides is 1. The first kappa shape index (κ1) is 17.7. The standard InChI is InChI=1S/C21H24N4O2/c1-4-25-20(18-9-13(2)27-14(3)19(18)23-25)21(26)24-8-7-16-10-15(11-22)5-6-17(16)12-24/h5-6,10,13-14H,4,7-9,12H2,1-3H3/t13-,14+/m0/s1. The highest BCUT2D eigenvalue weighted by atomic mass is 16.5. The summed E-state index contributed by atoms with van der Waals surface area (Å²) >= 11 is 0. The molecule has 2 atom stereocenters. The molecule has 3 heterocycles. The van der Waals surface area contributed by atoms with Gasteiger partial charge in [0.15, 0.2) is 0 Å². The summed E-state index contributed by atoms with van der Waals surface area (Å²) in [4.78, 5) is 15.3. The van der Waals surface area contributed by atoms with Crippen LogP contribution >= 0.6 is 0 Å². The van der Waals surface area contributed by atoms with Crippen LogP contribution in [0.15, 0.2) is 18.2 Å². The lowest BCUT2D eigenvalue weighted by Gasteiger charge is -2.30. The van der Waals surface area contributed by atoms with Gasteiger partial charge in [-0.25, -0.2) is 0 Å². The number of rotatable bonds is 2. The summed E-state index contributed by atoms with van der Waals surface area (Å²) in [6, 6.07) is 7.92. The number of ether oxygens (including phenoxy) is 1. The first-order chi connectivity index (χ1) is 13.0. The first-order valence-electron chi connectivity index (χ1n) is 9.58. The Morgan fingerprint density at radius 3 is 2.93 bits per heavy atom. The van der Waals surface area contributed by atoms with Crippen LogP contribution in [0.2, 0.25) is 0 Å². The second-order valence-electron chi connectivity index (χ2n) is 7.39. The van der Waals surface area contributed by atoms with Gasteiger partial charge in [0, 0.05) is 31.6 Å². The molecule has 1 aromatic carbocycles. The molecule has 0 aliphatic carbocycles. The fourth-order valence-electron chi connectivity index (χ4n) is 4.21. The van der Waals surface area contributed by atoms with Crippen molar-refractivity contribution in [1.82, 2.24) is 14.7 Å². The van der Waals surface area contributed by atoms with Gasteiger partial charge in [-0.15, -0.1) is 0 Å². The van der Waals surface area contributed by atoms with Crippen molar-refractivity contribution in [3.05, 3.63) is 51.8 Å². The van der Waals surface area contributed by atoms with Gasteiger partial charge in [0.05, 0.1) is 29.5 Å². The van der Waals surface area contributed by atoms with Gasteiger partial charge in [0.1, 0.15) is 5.69 Å². The molecule has 0 unspecified atom stereocenters. The second-order valence-corrected chi connectivity index (χ2v) is 7.39. The van der Waals surface area contributed by atoms with Gasteiger partial charge < -0.3 is 9.64 Å². The zero-order valence-corrected chi connectivity index (χ0v) is 16.0. The average Bonchev–Trinajstić information content (AvgIpc) is 3.05. The molecule has 0 radical (unpaired) electrons. The van der Waals surface area contributed by atoms with Gasteiger partial charge in [-0.2, -0.15) is 10.4 Å². The minimum Gasteiger partial charge on any atom is -0.369 e. The number of hydrogen-bond donors (Lipinski definition) is 0. The van der Waals surface area contributed by atoms with E-state index < -0.39 is 0 Å². The Bertz CT molecular complexity index is 940. The maximum Gasteiger partial charge on any atom is 0.272 e. The molecule has 6 nitrogen and oxygen atoms in total. The number of benzene rings is 1. The highest BCUT2D eigenvalue weighted by molar-refractivity contribution is 5.94. The monoisotopic (exact) mass is 364 g/mol. The second kappa shape index (κ2) is 6.82. The fourth-order valence-corrected chi connectivity index (χ4v) is 4.21. The minimum atomic E-state index is -0.0883. The number of nitrogens with zero attached hydrogens (tertiary/aromatic N) is 4.